The molecule has 0 spiro atoms. The van der Waals surface area contributed by atoms with Crippen molar-refractivity contribution in [3.05, 3.63) is 112 Å². The Morgan fingerprint density at radius 2 is 1.70 bits per heavy atom. The fourth-order valence-electron chi connectivity index (χ4n) is 4.70. The molecular formula is C34H28N4O6. The summed E-state index contributed by atoms with van der Waals surface area (Å²) in [5, 5.41) is 8.47. The molecule has 10 heteroatoms. The molecule has 0 fully saturated rings. The average Bonchev–Trinajstić information content (AvgIpc) is 3.49. The average molecular weight is 589 g/mol. The quantitative estimate of drug-likeness (QED) is 0.205. The number of benzene rings is 4. The number of aryl methyl sites for hydroxylation is 1. The van der Waals surface area contributed by atoms with Gasteiger partial charge in [0.15, 0.2) is 23.9 Å². The summed E-state index contributed by atoms with van der Waals surface area (Å²) < 4.78 is 24.0. The summed E-state index contributed by atoms with van der Waals surface area (Å²) in [5.41, 5.74) is 3.14. The van der Waals surface area contributed by atoms with Crippen molar-refractivity contribution in [2.75, 3.05) is 26.1 Å². The number of hydrogen-bond donors (Lipinski definition) is 1. The normalized spacial score (nSPS) is 11.2. The predicted octanol–water partition coefficient (Wildman–Crippen LogP) is 6.04. The lowest BCUT2D eigenvalue weighted by Crippen LogP contribution is -2.20. The van der Waals surface area contributed by atoms with Gasteiger partial charge in [-0.3, -0.25) is 9.59 Å². The molecule has 0 atom stereocenters. The van der Waals surface area contributed by atoms with E-state index in [1.54, 1.807) is 49.6 Å². The number of aromatic nitrogens is 2. The fraction of sp³-hybridized carbons (Fsp3) is 0.118. The highest BCUT2D eigenvalue weighted by molar-refractivity contribution is 5.92. The molecule has 2 aromatic heterocycles. The van der Waals surface area contributed by atoms with E-state index in [4.69, 9.17) is 23.6 Å². The number of ether oxygens (including phenoxy) is 3. The number of carbonyl (C=O) groups is 1. The van der Waals surface area contributed by atoms with Crippen LogP contribution in [0.25, 0.3) is 33.5 Å². The van der Waals surface area contributed by atoms with Crippen molar-refractivity contribution in [1.82, 2.24) is 9.66 Å². The van der Waals surface area contributed by atoms with E-state index in [9.17, 15) is 9.59 Å². The molecule has 6 aromatic rings. The van der Waals surface area contributed by atoms with E-state index in [2.05, 4.69) is 10.4 Å². The molecule has 0 aliphatic rings. The number of furan rings is 1. The number of hydrogen-bond acceptors (Lipinski definition) is 8. The predicted molar refractivity (Wildman–Crippen MR) is 169 cm³/mol. The second-order valence-electron chi connectivity index (χ2n) is 9.91. The molecule has 220 valence electrons. The van der Waals surface area contributed by atoms with Gasteiger partial charge in [0.1, 0.15) is 11.3 Å². The lowest BCUT2D eigenvalue weighted by Gasteiger charge is -2.12. The zero-order valence-corrected chi connectivity index (χ0v) is 24.2. The summed E-state index contributed by atoms with van der Waals surface area (Å²) in [5.74, 6) is 1.69. The van der Waals surface area contributed by atoms with Gasteiger partial charge in [-0.15, -0.1) is 0 Å². The molecule has 0 aliphatic carbocycles. The van der Waals surface area contributed by atoms with Gasteiger partial charge >= 0.3 is 0 Å². The highest BCUT2D eigenvalue weighted by Gasteiger charge is 2.18. The van der Waals surface area contributed by atoms with Gasteiger partial charge in [-0.25, -0.2) is 4.98 Å². The van der Waals surface area contributed by atoms with Crippen molar-refractivity contribution < 1.29 is 23.4 Å². The highest BCUT2D eigenvalue weighted by Crippen LogP contribution is 2.33. The van der Waals surface area contributed by atoms with E-state index >= 15 is 0 Å². The standard InChI is InChI=1S/C34H28N4O6/c1-21-11-14-23(15-12-21)36-32(39)20-43-29-16-13-22(17-30(29)42-3)19-35-38-33(37-26-8-5-4-7-24(26)34(38)40)31-18-25-27(41-2)9-6-10-28(25)44-31/h4-19H,20H2,1-3H3,(H,36,39). The summed E-state index contributed by atoms with van der Waals surface area (Å²) in [6, 6.07) is 26.9. The monoisotopic (exact) mass is 588 g/mol. The van der Waals surface area contributed by atoms with Gasteiger partial charge in [0.25, 0.3) is 11.5 Å². The SMILES string of the molecule is COc1cc(C=Nn2c(-c3cc4c(OC)cccc4o3)nc3ccccc3c2=O)ccc1OCC(=O)Nc1ccc(C)cc1. The molecule has 0 bridgehead atoms. The van der Waals surface area contributed by atoms with Crippen molar-refractivity contribution in [1.29, 1.82) is 0 Å². The van der Waals surface area contributed by atoms with E-state index in [1.807, 2.05) is 55.5 Å². The number of para-hydroxylation sites is 1. The van der Waals surface area contributed by atoms with Crippen LogP contribution in [0, 0.1) is 6.92 Å². The minimum absolute atomic E-state index is 0.207. The molecule has 10 nitrogen and oxygen atoms in total. The molecule has 0 saturated carbocycles. The van der Waals surface area contributed by atoms with Crippen LogP contribution in [-0.4, -0.2) is 42.6 Å². The maximum atomic E-state index is 13.6. The second kappa shape index (κ2) is 12.1. The van der Waals surface area contributed by atoms with E-state index in [0.717, 1.165) is 10.9 Å². The van der Waals surface area contributed by atoms with Gasteiger partial charge in [-0.1, -0.05) is 35.9 Å². The summed E-state index contributed by atoms with van der Waals surface area (Å²) in [4.78, 5) is 30.8. The Bertz CT molecular complexity index is 2080. The first-order valence-corrected chi connectivity index (χ1v) is 13.7. The number of fused-ring (bicyclic) bond motifs is 2. The zero-order valence-electron chi connectivity index (χ0n) is 24.2. The topological polar surface area (TPSA) is 117 Å². The number of amides is 1. The van der Waals surface area contributed by atoms with Gasteiger partial charge in [0.2, 0.25) is 5.82 Å². The largest absolute Gasteiger partial charge is 0.496 e. The molecular weight excluding hydrogens is 560 g/mol. The van der Waals surface area contributed by atoms with Crippen molar-refractivity contribution in [2.24, 2.45) is 5.10 Å². The number of methoxy groups -OCH3 is 2. The van der Waals surface area contributed by atoms with Crippen LogP contribution >= 0.6 is 0 Å². The maximum Gasteiger partial charge on any atom is 0.282 e. The van der Waals surface area contributed by atoms with Gasteiger partial charge in [0.05, 0.1) is 36.7 Å². The van der Waals surface area contributed by atoms with Crippen LogP contribution in [0.3, 0.4) is 0 Å². The molecule has 0 saturated heterocycles. The lowest BCUT2D eigenvalue weighted by molar-refractivity contribution is -0.118. The maximum absolute atomic E-state index is 13.6. The summed E-state index contributed by atoms with van der Waals surface area (Å²) in [6.45, 7) is 1.77. The Kier molecular flexibility index (Phi) is 7.79. The third-order valence-corrected chi connectivity index (χ3v) is 6.92. The Morgan fingerprint density at radius 3 is 2.50 bits per heavy atom. The second-order valence-corrected chi connectivity index (χ2v) is 9.91. The van der Waals surface area contributed by atoms with E-state index < -0.39 is 0 Å². The molecule has 6 rings (SSSR count). The van der Waals surface area contributed by atoms with Crippen LogP contribution in [-0.2, 0) is 4.79 Å². The van der Waals surface area contributed by atoms with Gasteiger partial charge in [-0.05, 0) is 73.2 Å². The minimum atomic E-state index is -0.360. The molecule has 0 aliphatic heterocycles. The van der Waals surface area contributed by atoms with Gasteiger partial charge in [0, 0.05) is 5.69 Å². The highest BCUT2D eigenvalue weighted by atomic mass is 16.5. The van der Waals surface area contributed by atoms with Crippen molar-refractivity contribution >= 4 is 39.7 Å². The third kappa shape index (κ3) is 5.73. The summed E-state index contributed by atoms with van der Waals surface area (Å²) in [6.07, 6.45) is 1.51. The number of nitrogens with zero attached hydrogens (tertiary/aromatic N) is 3. The van der Waals surface area contributed by atoms with Crippen LogP contribution in [0.5, 0.6) is 17.2 Å². The lowest BCUT2D eigenvalue weighted by atomic mass is 10.2. The van der Waals surface area contributed by atoms with Crippen LogP contribution in [0.15, 0.2) is 105 Å². The number of anilines is 1. The zero-order chi connectivity index (χ0) is 30.6. The molecule has 0 unspecified atom stereocenters. The minimum Gasteiger partial charge on any atom is -0.496 e. The summed E-state index contributed by atoms with van der Waals surface area (Å²) >= 11 is 0. The van der Waals surface area contributed by atoms with Crippen molar-refractivity contribution in [2.45, 2.75) is 6.92 Å². The van der Waals surface area contributed by atoms with Crippen LogP contribution in [0.1, 0.15) is 11.1 Å². The molecule has 1 amide bonds. The van der Waals surface area contributed by atoms with Gasteiger partial charge < -0.3 is 23.9 Å². The van der Waals surface area contributed by atoms with E-state index in [0.29, 0.717) is 50.7 Å². The van der Waals surface area contributed by atoms with Crippen molar-refractivity contribution in [3.8, 4) is 28.8 Å². The smallest absolute Gasteiger partial charge is 0.282 e. The molecule has 1 N–H and O–H groups in total. The molecule has 4 aromatic carbocycles. The Balaban J connectivity index is 1.29. The van der Waals surface area contributed by atoms with E-state index in [-0.39, 0.29) is 23.9 Å². The Morgan fingerprint density at radius 1 is 0.909 bits per heavy atom. The third-order valence-electron chi connectivity index (χ3n) is 6.92. The summed E-state index contributed by atoms with van der Waals surface area (Å²) in [7, 11) is 3.09. The Labute approximate surface area is 252 Å². The first-order chi connectivity index (χ1) is 21.4. The van der Waals surface area contributed by atoms with Crippen LogP contribution in [0.4, 0.5) is 5.69 Å². The van der Waals surface area contributed by atoms with Crippen LogP contribution in [0.2, 0.25) is 0 Å². The number of nitrogens with one attached hydrogen (secondary N) is 1. The molecule has 44 heavy (non-hydrogen) atoms. The number of carbonyl (C=O) groups excluding carboxylic acids is 1. The fourth-order valence-corrected chi connectivity index (χ4v) is 4.70. The van der Waals surface area contributed by atoms with Crippen molar-refractivity contribution in [3.63, 3.8) is 0 Å². The van der Waals surface area contributed by atoms with Gasteiger partial charge in [-0.2, -0.15) is 9.78 Å². The van der Waals surface area contributed by atoms with E-state index in [1.165, 1.54) is 18.0 Å². The Hall–Kier alpha value is -5.90. The first-order valence-electron chi connectivity index (χ1n) is 13.7. The molecule has 0 radical (unpaired) electrons. The van der Waals surface area contributed by atoms with Crippen LogP contribution < -0.4 is 25.1 Å². The number of rotatable bonds is 9. The molecule has 2 heterocycles. The first kappa shape index (κ1) is 28.2.